The maximum atomic E-state index is 12.2. The van der Waals surface area contributed by atoms with E-state index in [1.54, 1.807) is 17.4 Å². The Kier molecular flexibility index (Phi) is 4.63. The van der Waals surface area contributed by atoms with E-state index in [1.165, 1.54) is 12.1 Å². The summed E-state index contributed by atoms with van der Waals surface area (Å²) in [6, 6.07) is 8.54. The van der Waals surface area contributed by atoms with E-state index in [0.29, 0.717) is 5.56 Å². The number of aromatic hydroxyl groups is 1. The van der Waals surface area contributed by atoms with Crippen molar-refractivity contribution in [2.45, 2.75) is 25.8 Å². The van der Waals surface area contributed by atoms with E-state index >= 15 is 0 Å². The summed E-state index contributed by atoms with van der Waals surface area (Å²) in [5.41, 5.74) is 6.21. The van der Waals surface area contributed by atoms with Gasteiger partial charge < -0.3 is 16.2 Å². The number of hydrogen-bond donors (Lipinski definition) is 3. The Morgan fingerprint density at radius 2 is 2.25 bits per heavy atom. The molecule has 1 aromatic heterocycles. The van der Waals surface area contributed by atoms with E-state index in [0.717, 1.165) is 17.7 Å². The molecule has 1 amide bonds. The van der Waals surface area contributed by atoms with Crippen LogP contribution in [0.4, 0.5) is 5.69 Å². The van der Waals surface area contributed by atoms with Crippen LogP contribution >= 0.6 is 11.3 Å². The van der Waals surface area contributed by atoms with Crippen molar-refractivity contribution in [2.75, 3.05) is 5.73 Å². The highest BCUT2D eigenvalue weighted by molar-refractivity contribution is 7.10. The molecule has 0 radical (unpaired) electrons. The average molecular weight is 290 g/mol. The second kappa shape index (κ2) is 6.43. The first-order valence-corrected chi connectivity index (χ1v) is 7.42. The van der Waals surface area contributed by atoms with Crippen molar-refractivity contribution in [3.63, 3.8) is 0 Å². The summed E-state index contributed by atoms with van der Waals surface area (Å²) < 4.78 is 0. The lowest BCUT2D eigenvalue weighted by molar-refractivity contribution is 0.0935. The molecule has 4 nitrogen and oxygen atoms in total. The molecule has 106 valence electrons. The molecule has 0 spiro atoms. The summed E-state index contributed by atoms with van der Waals surface area (Å²) in [6.45, 7) is 2.09. The van der Waals surface area contributed by atoms with E-state index in [1.807, 2.05) is 17.5 Å². The molecule has 0 saturated carbocycles. The zero-order valence-electron chi connectivity index (χ0n) is 11.3. The van der Waals surface area contributed by atoms with E-state index in [2.05, 4.69) is 12.2 Å². The second-order valence-corrected chi connectivity index (χ2v) is 5.58. The normalized spacial score (nSPS) is 12.1. The number of hydrogen-bond acceptors (Lipinski definition) is 4. The van der Waals surface area contributed by atoms with Gasteiger partial charge in [-0.2, -0.15) is 0 Å². The number of thiophene rings is 1. The maximum Gasteiger partial charge on any atom is 0.251 e. The van der Waals surface area contributed by atoms with Crippen LogP contribution in [0.3, 0.4) is 0 Å². The largest absolute Gasteiger partial charge is 0.506 e. The monoisotopic (exact) mass is 290 g/mol. The number of nitrogen functional groups attached to an aromatic ring is 1. The molecule has 5 heteroatoms. The number of amides is 1. The second-order valence-electron chi connectivity index (χ2n) is 4.60. The SMILES string of the molecule is CCCC(NC(=O)c1ccc(N)c(O)c1)c1cccs1. The molecular weight excluding hydrogens is 272 g/mol. The van der Waals surface area contributed by atoms with Gasteiger partial charge in [0.05, 0.1) is 11.7 Å². The van der Waals surface area contributed by atoms with Crippen LogP contribution in [0.5, 0.6) is 5.75 Å². The van der Waals surface area contributed by atoms with Crippen LogP contribution in [0.25, 0.3) is 0 Å². The average Bonchev–Trinajstić information content (AvgIpc) is 2.95. The molecule has 0 saturated heterocycles. The predicted molar refractivity (Wildman–Crippen MR) is 82.0 cm³/mol. The lowest BCUT2D eigenvalue weighted by atomic mass is 10.1. The fraction of sp³-hybridized carbons (Fsp3) is 0.267. The summed E-state index contributed by atoms with van der Waals surface area (Å²) in [4.78, 5) is 13.4. The molecule has 1 aromatic carbocycles. The van der Waals surface area contributed by atoms with Crippen LogP contribution in [0.1, 0.15) is 41.0 Å². The Bertz CT molecular complexity index is 582. The van der Waals surface area contributed by atoms with Gasteiger partial charge >= 0.3 is 0 Å². The van der Waals surface area contributed by atoms with Crippen LogP contribution in [0.15, 0.2) is 35.7 Å². The number of carbonyl (C=O) groups is 1. The molecule has 0 fully saturated rings. The first-order chi connectivity index (χ1) is 9.61. The third-order valence-electron chi connectivity index (χ3n) is 3.06. The molecule has 0 aliphatic heterocycles. The first-order valence-electron chi connectivity index (χ1n) is 6.54. The molecule has 2 aromatic rings. The maximum absolute atomic E-state index is 12.2. The number of phenols is 1. The molecular formula is C15H18N2O2S. The van der Waals surface area contributed by atoms with Crippen molar-refractivity contribution < 1.29 is 9.90 Å². The summed E-state index contributed by atoms with van der Waals surface area (Å²) in [7, 11) is 0. The molecule has 4 N–H and O–H groups in total. The van der Waals surface area contributed by atoms with E-state index in [4.69, 9.17) is 5.73 Å². The van der Waals surface area contributed by atoms with E-state index in [-0.39, 0.29) is 23.4 Å². The molecule has 0 bridgehead atoms. The summed E-state index contributed by atoms with van der Waals surface area (Å²) in [5, 5.41) is 14.6. The van der Waals surface area contributed by atoms with Crippen molar-refractivity contribution in [2.24, 2.45) is 0 Å². The molecule has 1 heterocycles. The van der Waals surface area contributed by atoms with Gasteiger partial charge in [-0.3, -0.25) is 4.79 Å². The van der Waals surface area contributed by atoms with E-state index < -0.39 is 0 Å². The highest BCUT2D eigenvalue weighted by Crippen LogP contribution is 2.25. The van der Waals surface area contributed by atoms with Gasteiger partial charge in [-0.1, -0.05) is 19.4 Å². The van der Waals surface area contributed by atoms with Crippen molar-refractivity contribution >= 4 is 22.9 Å². The topological polar surface area (TPSA) is 75.4 Å². The smallest absolute Gasteiger partial charge is 0.251 e. The minimum absolute atomic E-state index is 0.00666. The molecule has 1 atom stereocenters. The van der Waals surface area contributed by atoms with Crippen LogP contribution in [-0.2, 0) is 0 Å². The van der Waals surface area contributed by atoms with Crippen LogP contribution < -0.4 is 11.1 Å². The Balaban J connectivity index is 2.13. The highest BCUT2D eigenvalue weighted by Gasteiger charge is 2.16. The van der Waals surface area contributed by atoms with Gasteiger partial charge in [-0.25, -0.2) is 0 Å². The number of anilines is 1. The summed E-state index contributed by atoms with van der Waals surface area (Å²) in [6.07, 6.45) is 1.86. The summed E-state index contributed by atoms with van der Waals surface area (Å²) in [5.74, 6) is -0.270. The van der Waals surface area contributed by atoms with Gasteiger partial charge in [0.15, 0.2) is 0 Å². The zero-order chi connectivity index (χ0) is 14.5. The van der Waals surface area contributed by atoms with Gasteiger partial charge in [0, 0.05) is 10.4 Å². The third kappa shape index (κ3) is 3.30. The predicted octanol–water partition coefficient (Wildman–Crippen LogP) is 3.31. The lowest BCUT2D eigenvalue weighted by Gasteiger charge is -2.17. The Morgan fingerprint density at radius 1 is 1.45 bits per heavy atom. The molecule has 1 unspecified atom stereocenters. The number of phenolic OH excluding ortho intramolecular Hbond substituents is 1. The van der Waals surface area contributed by atoms with Gasteiger partial charge in [0.2, 0.25) is 0 Å². The fourth-order valence-corrected chi connectivity index (χ4v) is 2.80. The van der Waals surface area contributed by atoms with Gasteiger partial charge in [-0.05, 0) is 36.1 Å². The standard InChI is InChI=1S/C15H18N2O2S/c1-2-4-12(14-5-3-8-20-14)17-15(19)10-6-7-11(16)13(18)9-10/h3,5-9,12,18H,2,4,16H2,1H3,(H,17,19). The number of benzene rings is 1. The van der Waals surface area contributed by atoms with Crippen molar-refractivity contribution in [1.82, 2.24) is 5.32 Å². The molecule has 0 aliphatic carbocycles. The summed E-state index contributed by atoms with van der Waals surface area (Å²) >= 11 is 1.63. The fourth-order valence-electron chi connectivity index (χ4n) is 1.99. The lowest BCUT2D eigenvalue weighted by Crippen LogP contribution is -2.28. The Hall–Kier alpha value is -2.01. The van der Waals surface area contributed by atoms with Crippen LogP contribution in [0.2, 0.25) is 0 Å². The Labute approximate surface area is 122 Å². The van der Waals surface area contributed by atoms with E-state index in [9.17, 15) is 9.90 Å². The van der Waals surface area contributed by atoms with Crippen LogP contribution in [0, 0.1) is 0 Å². The number of carbonyl (C=O) groups excluding carboxylic acids is 1. The highest BCUT2D eigenvalue weighted by atomic mass is 32.1. The molecule has 2 rings (SSSR count). The van der Waals surface area contributed by atoms with Gasteiger partial charge in [0.1, 0.15) is 5.75 Å². The Morgan fingerprint density at radius 3 is 2.85 bits per heavy atom. The minimum atomic E-state index is -0.202. The van der Waals surface area contributed by atoms with Crippen LogP contribution in [-0.4, -0.2) is 11.0 Å². The van der Waals surface area contributed by atoms with Crippen molar-refractivity contribution in [3.05, 3.63) is 46.2 Å². The minimum Gasteiger partial charge on any atom is -0.506 e. The third-order valence-corrected chi connectivity index (χ3v) is 4.05. The van der Waals surface area contributed by atoms with Crippen molar-refractivity contribution in [3.8, 4) is 5.75 Å². The number of nitrogens with two attached hydrogens (primary N) is 1. The molecule has 20 heavy (non-hydrogen) atoms. The van der Waals surface area contributed by atoms with Gasteiger partial charge in [-0.15, -0.1) is 11.3 Å². The molecule has 0 aliphatic rings. The van der Waals surface area contributed by atoms with Gasteiger partial charge in [0.25, 0.3) is 5.91 Å². The quantitative estimate of drug-likeness (QED) is 0.584. The number of nitrogens with one attached hydrogen (secondary N) is 1. The first kappa shape index (κ1) is 14.4. The van der Waals surface area contributed by atoms with Crippen molar-refractivity contribution in [1.29, 1.82) is 0 Å². The zero-order valence-corrected chi connectivity index (χ0v) is 12.1. The number of rotatable bonds is 5.